The van der Waals surface area contributed by atoms with E-state index in [1.165, 1.54) is 11.3 Å². The van der Waals surface area contributed by atoms with Gasteiger partial charge in [0.15, 0.2) is 5.78 Å². The van der Waals surface area contributed by atoms with Gasteiger partial charge in [0.1, 0.15) is 0 Å². The Balaban J connectivity index is 2.93. The molecule has 0 atom stereocenters. The minimum atomic E-state index is 0.0342. The third-order valence-electron chi connectivity index (χ3n) is 1.49. The van der Waals surface area contributed by atoms with E-state index in [1.54, 1.807) is 6.07 Å². The van der Waals surface area contributed by atoms with Gasteiger partial charge in [0.2, 0.25) is 0 Å². The molecule has 0 bridgehead atoms. The van der Waals surface area contributed by atoms with Gasteiger partial charge < -0.3 is 5.73 Å². The van der Waals surface area contributed by atoms with Crippen molar-refractivity contribution in [3.8, 4) is 0 Å². The predicted molar refractivity (Wildman–Crippen MR) is 47.9 cm³/mol. The van der Waals surface area contributed by atoms with Gasteiger partial charge in [0, 0.05) is 5.92 Å². The number of rotatable bonds is 2. The number of carbonyl (C=O) groups excluding carboxylic acids is 1. The average molecular weight is 169 g/mol. The first kappa shape index (κ1) is 8.27. The zero-order valence-electron chi connectivity index (χ0n) is 6.63. The molecule has 2 nitrogen and oxygen atoms in total. The van der Waals surface area contributed by atoms with Crippen molar-refractivity contribution in [2.45, 2.75) is 13.8 Å². The van der Waals surface area contributed by atoms with E-state index < -0.39 is 0 Å². The molecule has 0 aliphatic heterocycles. The number of Topliss-reactive ketones (excluding diaryl/α,β-unsaturated/α-hetero) is 1. The maximum absolute atomic E-state index is 11.4. The molecule has 1 rings (SSSR count). The smallest absolute Gasteiger partial charge is 0.168 e. The summed E-state index contributed by atoms with van der Waals surface area (Å²) in [5, 5.41) is 2.47. The lowest BCUT2D eigenvalue weighted by Crippen LogP contribution is -2.07. The molecule has 0 aliphatic carbocycles. The van der Waals surface area contributed by atoms with Crippen molar-refractivity contribution in [1.82, 2.24) is 0 Å². The Kier molecular flexibility index (Phi) is 2.29. The number of hydrogen-bond donors (Lipinski definition) is 1. The van der Waals surface area contributed by atoms with Crippen LogP contribution in [0.3, 0.4) is 0 Å². The maximum Gasteiger partial charge on any atom is 0.168 e. The first-order valence-electron chi connectivity index (χ1n) is 3.50. The van der Waals surface area contributed by atoms with E-state index in [9.17, 15) is 4.79 Å². The van der Waals surface area contributed by atoms with Gasteiger partial charge in [-0.2, -0.15) is 0 Å². The maximum atomic E-state index is 11.4. The topological polar surface area (TPSA) is 43.1 Å². The first-order chi connectivity index (χ1) is 5.13. The van der Waals surface area contributed by atoms with Gasteiger partial charge in [0.05, 0.1) is 10.6 Å². The van der Waals surface area contributed by atoms with Gasteiger partial charge in [-0.3, -0.25) is 4.79 Å². The van der Waals surface area contributed by atoms with E-state index in [1.807, 2.05) is 19.2 Å². The second-order valence-corrected chi connectivity index (χ2v) is 3.67. The molecule has 0 aliphatic rings. The van der Waals surface area contributed by atoms with Crippen molar-refractivity contribution in [3.63, 3.8) is 0 Å². The van der Waals surface area contributed by atoms with Gasteiger partial charge >= 0.3 is 0 Å². The molecule has 0 saturated carbocycles. The summed E-state index contributed by atoms with van der Waals surface area (Å²) in [5.74, 6) is 0.163. The Bertz CT molecular complexity index is 265. The van der Waals surface area contributed by atoms with Crippen LogP contribution in [0.25, 0.3) is 0 Å². The molecule has 0 radical (unpaired) electrons. The quantitative estimate of drug-likeness (QED) is 0.689. The van der Waals surface area contributed by atoms with Gasteiger partial charge in [0.25, 0.3) is 0 Å². The van der Waals surface area contributed by atoms with Crippen molar-refractivity contribution in [2.75, 3.05) is 5.73 Å². The van der Waals surface area contributed by atoms with Crippen LogP contribution in [0.4, 0.5) is 5.00 Å². The van der Waals surface area contributed by atoms with Gasteiger partial charge in [-0.25, -0.2) is 0 Å². The molecular weight excluding hydrogens is 158 g/mol. The molecule has 1 heterocycles. The van der Waals surface area contributed by atoms with Gasteiger partial charge in [-0.05, 0) is 11.4 Å². The van der Waals surface area contributed by atoms with Crippen molar-refractivity contribution in [2.24, 2.45) is 5.92 Å². The van der Waals surface area contributed by atoms with Gasteiger partial charge in [-0.1, -0.05) is 13.8 Å². The van der Waals surface area contributed by atoms with Gasteiger partial charge in [-0.15, -0.1) is 11.3 Å². The van der Waals surface area contributed by atoms with Crippen LogP contribution in [0.2, 0.25) is 0 Å². The van der Waals surface area contributed by atoms with E-state index in [4.69, 9.17) is 5.73 Å². The van der Waals surface area contributed by atoms with E-state index in [2.05, 4.69) is 0 Å². The summed E-state index contributed by atoms with van der Waals surface area (Å²) in [5.41, 5.74) is 6.25. The Labute approximate surface area is 70.0 Å². The third kappa shape index (κ3) is 1.60. The van der Waals surface area contributed by atoms with Crippen molar-refractivity contribution >= 4 is 22.1 Å². The highest BCUT2D eigenvalue weighted by Crippen LogP contribution is 2.21. The second-order valence-electron chi connectivity index (χ2n) is 2.72. The number of anilines is 1. The minimum Gasteiger partial charge on any atom is -0.390 e. The van der Waals surface area contributed by atoms with Crippen LogP contribution in [0.1, 0.15) is 24.2 Å². The number of ketones is 1. The van der Waals surface area contributed by atoms with Crippen LogP contribution in [0.15, 0.2) is 11.4 Å². The monoisotopic (exact) mass is 169 g/mol. The molecule has 2 N–H and O–H groups in total. The highest BCUT2D eigenvalue weighted by molar-refractivity contribution is 7.14. The van der Waals surface area contributed by atoms with Crippen LogP contribution in [-0.2, 0) is 0 Å². The summed E-state index contributed by atoms with van der Waals surface area (Å²) < 4.78 is 0. The third-order valence-corrected chi connectivity index (χ3v) is 2.23. The Hall–Kier alpha value is -0.830. The van der Waals surface area contributed by atoms with Crippen LogP contribution >= 0.6 is 11.3 Å². The van der Waals surface area contributed by atoms with Crippen molar-refractivity contribution in [1.29, 1.82) is 0 Å². The SMILES string of the molecule is CC(C)C(=O)c1ccsc1N. The van der Waals surface area contributed by atoms with Crippen LogP contribution in [-0.4, -0.2) is 5.78 Å². The van der Waals surface area contributed by atoms with E-state index in [-0.39, 0.29) is 11.7 Å². The largest absolute Gasteiger partial charge is 0.390 e. The number of carbonyl (C=O) groups is 1. The molecule has 0 aromatic carbocycles. The molecule has 0 amide bonds. The standard InChI is InChI=1S/C8H11NOS/c1-5(2)7(10)6-3-4-11-8(6)9/h3-5H,9H2,1-2H3. The first-order valence-corrected chi connectivity index (χ1v) is 4.38. The fourth-order valence-electron chi connectivity index (χ4n) is 0.836. The summed E-state index contributed by atoms with van der Waals surface area (Å²) in [6.07, 6.45) is 0. The minimum absolute atomic E-state index is 0.0342. The lowest BCUT2D eigenvalue weighted by molar-refractivity contribution is 0.0940. The molecule has 11 heavy (non-hydrogen) atoms. The van der Waals surface area contributed by atoms with Crippen molar-refractivity contribution < 1.29 is 4.79 Å². The Morgan fingerprint density at radius 3 is 2.64 bits per heavy atom. The van der Waals surface area contributed by atoms with E-state index >= 15 is 0 Å². The molecule has 0 unspecified atom stereocenters. The fraction of sp³-hybridized carbons (Fsp3) is 0.375. The van der Waals surface area contributed by atoms with Crippen LogP contribution in [0, 0.1) is 5.92 Å². The molecule has 0 fully saturated rings. The summed E-state index contributed by atoms with van der Waals surface area (Å²) >= 11 is 1.41. The molecule has 3 heteroatoms. The normalized spacial score (nSPS) is 10.5. The fourth-order valence-corrected chi connectivity index (χ4v) is 1.48. The lowest BCUT2D eigenvalue weighted by atomic mass is 10.0. The summed E-state index contributed by atoms with van der Waals surface area (Å²) in [4.78, 5) is 11.4. The van der Waals surface area contributed by atoms with Crippen LogP contribution < -0.4 is 5.73 Å². The molecule has 1 aromatic heterocycles. The zero-order valence-corrected chi connectivity index (χ0v) is 7.44. The molecule has 0 saturated heterocycles. The highest BCUT2D eigenvalue weighted by Gasteiger charge is 2.13. The number of nitrogen functional groups attached to an aromatic ring is 1. The number of thiophene rings is 1. The molecule has 1 aromatic rings. The highest BCUT2D eigenvalue weighted by atomic mass is 32.1. The summed E-state index contributed by atoms with van der Waals surface area (Å²) in [6.45, 7) is 3.75. The second kappa shape index (κ2) is 3.05. The molecule has 60 valence electrons. The summed E-state index contributed by atoms with van der Waals surface area (Å²) in [6, 6.07) is 1.78. The van der Waals surface area contributed by atoms with E-state index in [0.29, 0.717) is 10.6 Å². The Morgan fingerprint density at radius 1 is 1.64 bits per heavy atom. The molecule has 0 spiro atoms. The number of hydrogen-bond acceptors (Lipinski definition) is 3. The van der Waals surface area contributed by atoms with Crippen LogP contribution in [0.5, 0.6) is 0 Å². The summed E-state index contributed by atoms with van der Waals surface area (Å²) in [7, 11) is 0. The Morgan fingerprint density at radius 2 is 2.27 bits per heavy atom. The molecular formula is C8H11NOS. The lowest BCUT2D eigenvalue weighted by Gasteiger charge is -2.01. The van der Waals surface area contributed by atoms with Crippen molar-refractivity contribution in [3.05, 3.63) is 17.0 Å². The predicted octanol–water partition coefficient (Wildman–Crippen LogP) is 2.17. The number of nitrogens with two attached hydrogens (primary N) is 1. The average Bonchev–Trinajstić information content (AvgIpc) is 2.33. The zero-order chi connectivity index (χ0) is 8.43. The van der Waals surface area contributed by atoms with E-state index in [0.717, 1.165) is 0 Å².